The van der Waals surface area contributed by atoms with Gasteiger partial charge in [-0.2, -0.15) is 0 Å². The van der Waals surface area contributed by atoms with Gasteiger partial charge in [0.2, 0.25) is 23.6 Å². The number of nitrogens with one attached hydrogen (secondary N) is 2. The molecular weight excluding hydrogens is 520 g/mol. The number of aryl methyl sites for hydroxylation is 1. The van der Waals surface area contributed by atoms with Crippen molar-refractivity contribution in [3.8, 4) is 0 Å². The van der Waals surface area contributed by atoms with E-state index in [4.69, 9.17) is 17.2 Å². The molecule has 0 saturated carbocycles. The zero-order chi connectivity index (χ0) is 30.3. The highest BCUT2D eigenvalue weighted by atomic mass is 16.2. The molecule has 232 valence electrons. The predicted molar refractivity (Wildman–Crippen MR) is 164 cm³/mol. The highest BCUT2D eigenvalue weighted by molar-refractivity contribution is 5.88. The third-order valence-corrected chi connectivity index (χ3v) is 7.19. The molecule has 0 fully saturated rings. The Morgan fingerprint density at radius 2 is 1.49 bits per heavy atom. The molecule has 0 spiro atoms. The van der Waals surface area contributed by atoms with Crippen molar-refractivity contribution < 1.29 is 19.2 Å². The molecule has 0 aliphatic heterocycles. The molecule has 0 saturated heterocycles. The van der Waals surface area contributed by atoms with E-state index in [0.29, 0.717) is 51.6 Å². The van der Waals surface area contributed by atoms with Gasteiger partial charge in [0.05, 0.1) is 0 Å². The van der Waals surface area contributed by atoms with Gasteiger partial charge in [-0.05, 0) is 70.0 Å². The Morgan fingerprint density at radius 3 is 2.12 bits per heavy atom. The fourth-order valence-electron chi connectivity index (χ4n) is 4.77. The van der Waals surface area contributed by atoms with Crippen LogP contribution < -0.4 is 27.8 Å². The number of carbonyl (C=O) groups is 4. The van der Waals surface area contributed by atoms with Crippen LogP contribution in [0.1, 0.15) is 96.0 Å². The Hall–Kier alpha value is -2.98. The minimum absolute atomic E-state index is 0.135. The molecule has 0 radical (unpaired) electrons. The standard InChI is InChI=1S/C31H54N6O4/c1-2-3-4-5-9-18-28(38)36-26(16-10-12-21-32)31(41)35-23-24-37(27(30(34)40)17-11-13-22-33)29(39)20-19-25-14-7-6-8-15-25/h6-8,14-15,26-27H,2-5,9-13,16-24,32-33H2,1H3,(H2,34,40)(H,35,41)(H,36,38)/t26-,27-/m0/s1. The maximum Gasteiger partial charge on any atom is 0.242 e. The Bertz CT molecular complexity index is 883. The van der Waals surface area contributed by atoms with E-state index >= 15 is 0 Å². The first-order valence-corrected chi connectivity index (χ1v) is 15.4. The predicted octanol–water partition coefficient (Wildman–Crippen LogP) is 2.52. The van der Waals surface area contributed by atoms with Crippen LogP contribution >= 0.6 is 0 Å². The molecule has 0 bridgehead atoms. The van der Waals surface area contributed by atoms with Crippen molar-refractivity contribution in [3.63, 3.8) is 0 Å². The second-order valence-electron chi connectivity index (χ2n) is 10.6. The molecule has 1 aromatic rings. The lowest BCUT2D eigenvalue weighted by Crippen LogP contribution is -2.52. The summed E-state index contributed by atoms with van der Waals surface area (Å²) in [6, 6.07) is 8.20. The van der Waals surface area contributed by atoms with Gasteiger partial charge in [0.15, 0.2) is 0 Å². The Labute approximate surface area is 246 Å². The molecule has 0 unspecified atom stereocenters. The third kappa shape index (κ3) is 16.2. The van der Waals surface area contributed by atoms with Gasteiger partial charge < -0.3 is 32.7 Å². The fraction of sp³-hybridized carbons (Fsp3) is 0.677. The monoisotopic (exact) mass is 574 g/mol. The molecule has 0 aliphatic carbocycles. The number of hydrogen-bond donors (Lipinski definition) is 5. The smallest absolute Gasteiger partial charge is 0.242 e. The number of carbonyl (C=O) groups excluding carboxylic acids is 4. The van der Waals surface area contributed by atoms with E-state index in [-0.39, 0.29) is 37.2 Å². The van der Waals surface area contributed by atoms with E-state index in [1.165, 1.54) is 4.90 Å². The molecular formula is C31H54N6O4. The summed E-state index contributed by atoms with van der Waals surface area (Å²) in [4.78, 5) is 52.8. The summed E-state index contributed by atoms with van der Waals surface area (Å²) >= 11 is 0. The van der Waals surface area contributed by atoms with E-state index in [9.17, 15) is 19.2 Å². The number of nitrogens with two attached hydrogens (primary N) is 3. The zero-order valence-corrected chi connectivity index (χ0v) is 25.1. The van der Waals surface area contributed by atoms with Gasteiger partial charge in [-0.15, -0.1) is 0 Å². The Kier molecular flexibility index (Phi) is 19.9. The lowest BCUT2D eigenvalue weighted by molar-refractivity contribution is -0.139. The van der Waals surface area contributed by atoms with Crippen LogP contribution in [0.3, 0.4) is 0 Å². The molecule has 4 amide bonds. The first kappa shape index (κ1) is 36.0. The van der Waals surface area contributed by atoms with Crippen molar-refractivity contribution in [3.05, 3.63) is 35.9 Å². The summed E-state index contributed by atoms with van der Waals surface area (Å²) < 4.78 is 0. The first-order chi connectivity index (χ1) is 19.8. The van der Waals surface area contributed by atoms with E-state index in [0.717, 1.165) is 50.5 Å². The van der Waals surface area contributed by atoms with Gasteiger partial charge in [-0.1, -0.05) is 62.9 Å². The molecule has 41 heavy (non-hydrogen) atoms. The van der Waals surface area contributed by atoms with E-state index < -0.39 is 18.0 Å². The van der Waals surface area contributed by atoms with Gasteiger partial charge in [0.25, 0.3) is 0 Å². The molecule has 0 heterocycles. The van der Waals surface area contributed by atoms with Crippen LogP contribution in [-0.2, 0) is 25.6 Å². The number of nitrogens with zero attached hydrogens (tertiary/aromatic N) is 1. The molecule has 10 nitrogen and oxygen atoms in total. The van der Waals surface area contributed by atoms with Crippen molar-refractivity contribution in [2.24, 2.45) is 17.2 Å². The summed E-state index contributed by atoms with van der Waals surface area (Å²) in [6.45, 7) is 3.42. The first-order valence-electron chi connectivity index (χ1n) is 15.4. The summed E-state index contributed by atoms with van der Waals surface area (Å²) in [5, 5.41) is 5.75. The SMILES string of the molecule is CCCCCCCC(=O)N[C@@H](CCCCN)C(=O)NCCN(C(=O)CCc1ccccc1)[C@@H](CCCCN)C(N)=O. The van der Waals surface area contributed by atoms with Crippen molar-refractivity contribution >= 4 is 23.6 Å². The van der Waals surface area contributed by atoms with Crippen molar-refractivity contribution in [1.82, 2.24) is 15.5 Å². The molecule has 2 atom stereocenters. The molecule has 10 heteroatoms. The number of primary amides is 1. The second-order valence-corrected chi connectivity index (χ2v) is 10.6. The largest absolute Gasteiger partial charge is 0.368 e. The summed E-state index contributed by atoms with van der Waals surface area (Å²) in [7, 11) is 0. The fourth-order valence-corrected chi connectivity index (χ4v) is 4.77. The van der Waals surface area contributed by atoms with Crippen molar-refractivity contribution in [1.29, 1.82) is 0 Å². The molecule has 1 rings (SSSR count). The maximum atomic E-state index is 13.3. The average molecular weight is 575 g/mol. The van der Waals surface area contributed by atoms with Crippen LogP contribution in [0.25, 0.3) is 0 Å². The maximum absolute atomic E-state index is 13.3. The second kappa shape index (κ2) is 22.7. The zero-order valence-electron chi connectivity index (χ0n) is 25.1. The lowest BCUT2D eigenvalue weighted by Gasteiger charge is -2.30. The van der Waals surface area contributed by atoms with E-state index in [1.54, 1.807) is 0 Å². The summed E-state index contributed by atoms with van der Waals surface area (Å²) in [6.07, 6.45) is 10.0. The summed E-state index contributed by atoms with van der Waals surface area (Å²) in [5.41, 5.74) is 18.0. The van der Waals surface area contributed by atoms with Gasteiger partial charge >= 0.3 is 0 Å². The van der Waals surface area contributed by atoms with Crippen LogP contribution in [0.4, 0.5) is 0 Å². The van der Waals surface area contributed by atoms with Gasteiger partial charge in [-0.3, -0.25) is 19.2 Å². The van der Waals surface area contributed by atoms with Crippen LogP contribution in [0.5, 0.6) is 0 Å². The molecule has 1 aromatic carbocycles. The van der Waals surface area contributed by atoms with Crippen molar-refractivity contribution in [2.75, 3.05) is 26.2 Å². The topological polar surface area (TPSA) is 174 Å². The van der Waals surface area contributed by atoms with Gasteiger partial charge in [0.1, 0.15) is 12.1 Å². The van der Waals surface area contributed by atoms with E-state index in [1.807, 2.05) is 30.3 Å². The van der Waals surface area contributed by atoms with Crippen LogP contribution in [0.15, 0.2) is 30.3 Å². The minimum atomic E-state index is -0.783. The number of rotatable bonds is 24. The van der Waals surface area contributed by atoms with Gasteiger partial charge in [0, 0.05) is 25.9 Å². The summed E-state index contributed by atoms with van der Waals surface area (Å²) in [5.74, 6) is -1.22. The Morgan fingerprint density at radius 1 is 0.829 bits per heavy atom. The van der Waals surface area contributed by atoms with Crippen molar-refractivity contribution in [2.45, 2.75) is 109 Å². The minimum Gasteiger partial charge on any atom is -0.368 e. The molecule has 0 aromatic heterocycles. The van der Waals surface area contributed by atoms with Crippen LogP contribution in [0.2, 0.25) is 0 Å². The number of hydrogen-bond acceptors (Lipinski definition) is 6. The lowest BCUT2D eigenvalue weighted by atomic mass is 10.0. The third-order valence-electron chi connectivity index (χ3n) is 7.19. The van der Waals surface area contributed by atoms with Gasteiger partial charge in [-0.25, -0.2) is 0 Å². The quantitative estimate of drug-likeness (QED) is 0.119. The normalized spacial score (nSPS) is 12.4. The number of amides is 4. The van der Waals surface area contributed by atoms with Crippen LogP contribution in [0, 0.1) is 0 Å². The molecule has 0 aliphatic rings. The number of benzene rings is 1. The average Bonchev–Trinajstić information content (AvgIpc) is 2.96. The highest BCUT2D eigenvalue weighted by Gasteiger charge is 2.28. The van der Waals surface area contributed by atoms with E-state index in [2.05, 4.69) is 17.6 Å². The highest BCUT2D eigenvalue weighted by Crippen LogP contribution is 2.13. The Balaban J connectivity index is 2.82. The molecule has 8 N–H and O–H groups in total. The number of unbranched alkanes of at least 4 members (excludes halogenated alkanes) is 6. The van der Waals surface area contributed by atoms with Crippen LogP contribution in [-0.4, -0.2) is 66.8 Å².